The van der Waals surface area contributed by atoms with Gasteiger partial charge < -0.3 is 0 Å². The maximum Gasteiger partial charge on any atom is 0.266 e. The van der Waals surface area contributed by atoms with Crippen molar-refractivity contribution >= 4 is 56.5 Å². The molecule has 0 radical (unpaired) electrons. The molecule has 2 aliphatic heterocycles. The van der Waals surface area contributed by atoms with Crippen LogP contribution < -0.4 is 9.80 Å². The summed E-state index contributed by atoms with van der Waals surface area (Å²) in [5, 5.41) is 2.73. The number of rotatable bonds is 6. The van der Waals surface area contributed by atoms with Gasteiger partial charge in [0.25, 0.3) is 23.6 Å². The highest BCUT2D eigenvalue weighted by Crippen LogP contribution is 2.44. The van der Waals surface area contributed by atoms with Gasteiger partial charge in [0.15, 0.2) is 0 Å². The van der Waals surface area contributed by atoms with Crippen molar-refractivity contribution in [2.75, 3.05) is 9.80 Å². The van der Waals surface area contributed by atoms with Crippen molar-refractivity contribution in [2.45, 2.75) is 88.9 Å². The highest BCUT2D eigenvalue weighted by Gasteiger charge is 2.38. The van der Waals surface area contributed by atoms with E-state index in [1.54, 1.807) is 12.4 Å². The van der Waals surface area contributed by atoms with Crippen LogP contribution in [-0.4, -0.2) is 33.6 Å². The zero-order valence-electron chi connectivity index (χ0n) is 43.1. The van der Waals surface area contributed by atoms with Gasteiger partial charge in [-0.2, -0.15) is 0 Å². The molecule has 0 bridgehead atoms. The Morgan fingerprint density at radius 3 is 1.22 bits per heavy atom. The number of fused-ring (bicyclic) bond motifs is 1. The third-order valence-corrected chi connectivity index (χ3v) is 17.0. The lowest BCUT2D eigenvalue weighted by Gasteiger charge is -2.29. The topological polar surface area (TPSA) is 101 Å². The van der Waals surface area contributed by atoms with E-state index in [9.17, 15) is 19.2 Å². The molecule has 0 atom stereocenters. The Morgan fingerprint density at radius 2 is 0.795 bits per heavy atom. The summed E-state index contributed by atoms with van der Waals surface area (Å²) in [5.41, 5.74) is 13.6. The zero-order valence-corrected chi connectivity index (χ0v) is 43.1. The van der Waals surface area contributed by atoms with Gasteiger partial charge in [-0.15, -0.1) is 0 Å². The molecule has 14 rings (SSSR count). The Labute approximate surface area is 453 Å². The van der Waals surface area contributed by atoms with Crippen LogP contribution in [0, 0.1) is 23.7 Å². The monoisotopic (exact) mass is 1010 g/mol. The Morgan fingerprint density at radius 1 is 0.385 bits per heavy atom. The van der Waals surface area contributed by atoms with Gasteiger partial charge in [-0.3, -0.25) is 29.1 Å². The first-order chi connectivity index (χ1) is 38.4. The molecule has 2 fully saturated rings. The molecule has 8 heteroatoms. The zero-order chi connectivity index (χ0) is 52.4. The molecule has 0 saturated heterocycles. The fraction of sp³-hybridized carbons (Fsp3) is 0.200. The van der Waals surface area contributed by atoms with Gasteiger partial charge in [0.05, 0.1) is 33.9 Å². The van der Waals surface area contributed by atoms with Gasteiger partial charge in [-0.1, -0.05) is 110 Å². The summed E-state index contributed by atoms with van der Waals surface area (Å²) in [4.78, 5) is 71.1. The van der Waals surface area contributed by atoms with Gasteiger partial charge in [0.1, 0.15) is 0 Å². The second-order valence-electron chi connectivity index (χ2n) is 21.4. The van der Waals surface area contributed by atoms with Crippen LogP contribution in [0.2, 0.25) is 0 Å². The van der Waals surface area contributed by atoms with Crippen molar-refractivity contribution in [1.29, 1.82) is 0 Å². The molecule has 7 aromatic carbocycles. The van der Waals surface area contributed by atoms with Crippen LogP contribution >= 0.6 is 0 Å². The Kier molecular flexibility index (Phi) is 11.7. The molecule has 5 aliphatic rings. The van der Waals surface area contributed by atoms with E-state index >= 15 is 0 Å². The molecular weight excluding hydrogens is 961 g/mol. The average molecular weight is 1010 g/mol. The van der Waals surface area contributed by atoms with Crippen LogP contribution in [0.4, 0.5) is 11.4 Å². The van der Waals surface area contributed by atoms with Crippen molar-refractivity contribution in [3.63, 3.8) is 0 Å². The maximum absolute atomic E-state index is 14.9. The molecule has 3 aliphatic carbocycles. The molecule has 9 aromatic rings. The number of imide groups is 2. The smallest absolute Gasteiger partial charge is 0.266 e. The molecule has 0 N–H and O–H groups in total. The minimum atomic E-state index is -0.370. The molecule has 78 heavy (non-hydrogen) atoms. The highest BCUT2D eigenvalue weighted by molar-refractivity contribution is 6.38. The van der Waals surface area contributed by atoms with Crippen LogP contribution in [0.3, 0.4) is 0 Å². The van der Waals surface area contributed by atoms with Gasteiger partial charge in [0, 0.05) is 67.7 Å². The second kappa shape index (κ2) is 19.4. The first kappa shape index (κ1) is 47.2. The van der Waals surface area contributed by atoms with Crippen LogP contribution in [0.5, 0.6) is 0 Å². The number of pyridine rings is 2. The van der Waals surface area contributed by atoms with Gasteiger partial charge in [-0.05, 0) is 181 Å². The summed E-state index contributed by atoms with van der Waals surface area (Å²) >= 11 is 0. The van der Waals surface area contributed by atoms with Crippen LogP contribution in [-0.2, 0) is 12.8 Å². The van der Waals surface area contributed by atoms with Crippen molar-refractivity contribution in [3.8, 4) is 46.2 Å². The third-order valence-electron chi connectivity index (χ3n) is 17.0. The molecule has 2 saturated carbocycles. The number of carbonyl (C=O) groups is 4. The summed E-state index contributed by atoms with van der Waals surface area (Å²) in [5.74, 6) is 13.7. The number of nitrogens with zero attached hydrogens (tertiary/aromatic N) is 4. The molecular formula is C70H52N4O4. The van der Waals surface area contributed by atoms with E-state index in [0.29, 0.717) is 78.8 Å². The van der Waals surface area contributed by atoms with E-state index < -0.39 is 0 Å². The van der Waals surface area contributed by atoms with Gasteiger partial charge in [-0.25, -0.2) is 9.80 Å². The maximum atomic E-state index is 14.9. The fourth-order valence-electron chi connectivity index (χ4n) is 13.3. The number of hydrogen-bond acceptors (Lipinski definition) is 6. The average Bonchev–Trinajstić information content (AvgIpc) is 4.33. The fourth-order valence-corrected chi connectivity index (χ4v) is 13.3. The SMILES string of the molecule is O=C1c2cccc3c(-c4ccccn4)c(C#Cc4ccc(C#Cc5cc6c7c(cccc7c5-c5ccccn5)C(=O)N(c5cccc(C7CCCC7)c5)C6=O)c5c4CCCC5)cc(c23)C(=O)N1c1cccc(C2CCCC2)c1. The normalized spacial score (nSPS) is 16.1. The molecule has 4 amide bonds. The van der Waals surface area contributed by atoms with Gasteiger partial charge in [0.2, 0.25) is 0 Å². The predicted octanol–water partition coefficient (Wildman–Crippen LogP) is 14.7. The van der Waals surface area contributed by atoms with Crippen LogP contribution in [0.25, 0.3) is 44.1 Å². The number of hydrogen-bond donors (Lipinski definition) is 0. The Balaban J connectivity index is 0.874. The Bertz CT molecular complexity index is 3900. The number of amides is 4. The summed E-state index contributed by atoms with van der Waals surface area (Å²) in [6.07, 6.45) is 16.3. The van der Waals surface area contributed by atoms with Crippen LogP contribution in [0.1, 0.15) is 162 Å². The highest BCUT2D eigenvalue weighted by atomic mass is 16.2. The lowest BCUT2D eigenvalue weighted by molar-refractivity contribution is 0.0877. The van der Waals surface area contributed by atoms with Gasteiger partial charge >= 0.3 is 0 Å². The number of anilines is 2. The molecule has 0 spiro atoms. The van der Waals surface area contributed by atoms with E-state index in [2.05, 4.69) is 47.9 Å². The third kappa shape index (κ3) is 7.93. The number of aromatic nitrogens is 2. The van der Waals surface area contributed by atoms with E-state index in [1.165, 1.54) is 35.5 Å². The van der Waals surface area contributed by atoms with E-state index in [-0.39, 0.29) is 23.6 Å². The van der Waals surface area contributed by atoms with Crippen molar-refractivity contribution < 1.29 is 19.2 Å². The van der Waals surface area contributed by atoms with Crippen molar-refractivity contribution in [3.05, 3.63) is 225 Å². The van der Waals surface area contributed by atoms with E-state index in [0.717, 1.165) is 107 Å². The first-order valence-electron chi connectivity index (χ1n) is 27.6. The van der Waals surface area contributed by atoms with Crippen molar-refractivity contribution in [2.24, 2.45) is 0 Å². The first-order valence-corrected chi connectivity index (χ1v) is 27.6. The largest absolute Gasteiger partial charge is 0.268 e. The lowest BCUT2D eigenvalue weighted by atomic mass is 9.84. The summed E-state index contributed by atoms with van der Waals surface area (Å²) in [6.45, 7) is 0. The second-order valence-corrected chi connectivity index (χ2v) is 21.4. The summed E-state index contributed by atoms with van der Waals surface area (Å²) < 4.78 is 0. The van der Waals surface area contributed by atoms with Crippen LogP contribution in [0.15, 0.2) is 158 Å². The molecule has 8 nitrogen and oxygen atoms in total. The van der Waals surface area contributed by atoms with E-state index in [4.69, 9.17) is 9.97 Å². The predicted molar refractivity (Wildman–Crippen MR) is 307 cm³/mol. The summed E-state index contributed by atoms with van der Waals surface area (Å²) in [7, 11) is 0. The van der Waals surface area contributed by atoms with E-state index in [1.807, 2.05) is 121 Å². The minimum absolute atomic E-state index is 0.341. The van der Waals surface area contributed by atoms with Crippen molar-refractivity contribution in [1.82, 2.24) is 9.97 Å². The summed E-state index contributed by atoms with van der Waals surface area (Å²) in [6, 6.07) is 46.6. The molecule has 4 heterocycles. The number of carbonyl (C=O) groups excluding carboxylic acids is 4. The number of benzene rings is 7. The molecule has 376 valence electrons. The standard InChI is InChI=1S/C70H52N4O4/c75-67-57-27-13-25-55-63(61-29-7-9-37-71-61)49(41-59(65(55)57)69(77)73(67)51-21-11-19-47(39-51)43-15-1-2-16-43)35-33-45-31-32-46(54-24-6-5-23-53(45)54)34-36-50-42-60-66-56(64(50)62-30-8-10-38-72-62)26-14-28-58(66)68(76)74(70(60)78)52-22-12-20-48(40-52)44-17-3-4-18-44/h7-14,19-22,25-32,37-44H,1-6,15-18,23-24H2. The Hall–Kier alpha value is -9.24. The minimum Gasteiger partial charge on any atom is -0.268 e. The lowest BCUT2D eigenvalue weighted by Crippen LogP contribution is -2.40. The molecule has 2 aromatic heterocycles. The molecule has 0 unspecified atom stereocenters. The quantitative estimate of drug-likeness (QED) is 0.121.